The molecule has 35 heavy (non-hydrogen) atoms. The number of benzene rings is 1. The second-order valence-corrected chi connectivity index (χ2v) is 10.7. The highest BCUT2D eigenvalue weighted by Crippen LogP contribution is 2.46. The largest absolute Gasteiger partial charge is 0.502 e. The van der Waals surface area contributed by atoms with E-state index in [1.54, 1.807) is 16.8 Å². The summed E-state index contributed by atoms with van der Waals surface area (Å²) in [6.45, 7) is 0.510. The average Bonchev–Trinajstić information content (AvgIpc) is 2.98. The molecule has 3 heterocycles. The number of fused-ring (bicyclic) bond motifs is 2. The Morgan fingerprint density at radius 2 is 1.94 bits per heavy atom. The van der Waals surface area contributed by atoms with Crippen LogP contribution >= 0.6 is 27.7 Å². The lowest BCUT2D eigenvalue weighted by molar-refractivity contribution is -0.173. The monoisotopic (exact) mass is 567 g/mol. The minimum atomic E-state index is -4.69. The number of pyridine rings is 1. The molecular formula is C24H21BrF3N3O3S. The molecule has 6 nitrogen and oxygen atoms in total. The van der Waals surface area contributed by atoms with Gasteiger partial charge in [0, 0.05) is 27.7 Å². The Bertz CT molecular complexity index is 1320. The molecule has 2 aliphatic heterocycles. The van der Waals surface area contributed by atoms with Crippen LogP contribution in [-0.4, -0.2) is 50.1 Å². The number of amides is 1. The minimum absolute atomic E-state index is 0.0605. The maximum absolute atomic E-state index is 13.8. The van der Waals surface area contributed by atoms with E-state index in [1.807, 2.05) is 36.4 Å². The SMILES string of the molecule is C[C@@H](N1CN([C@H]2C3=C(CSc4ccccc42)C(Br)CC=C3)n2ccc(=O)c(O)c2C1=O)C(F)(F)F. The normalized spacial score (nSPS) is 22.9. The predicted octanol–water partition coefficient (Wildman–Crippen LogP) is 4.72. The number of aromatic nitrogens is 1. The van der Waals surface area contributed by atoms with Crippen LogP contribution in [0, 0.1) is 0 Å². The quantitative estimate of drug-likeness (QED) is 0.532. The smallest absolute Gasteiger partial charge is 0.408 e. The molecule has 2 aromatic rings. The first-order chi connectivity index (χ1) is 16.6. The van der Waals surface area contributed by atoms with Crippen molar-refractivity contribution in [2.45, 2.75) is 41.3 Å². The minimum Gasteiger partial charge on any atom is -0.502 e. The van der Waals surface area contributed by atoms with Gasteiger partial charge in [0.05, 0.1) is 6.04 Å². The fraction of sp³-hybridized carbons (Fsp3) is 0.333. The van der Waals surface area contributed by atoms with Crippen LogP contribution < -0.4 is 10.4 Å². The molecule has 1 aromatic heterocycles. The first-order valence-electron chi connectivity index (χ1n) is 10.9. The number of carbonyl (C=O) groups is 1. The molecule has 1 aromatic carbocycles. The third kappa shape index (κ3) is 3.98. The van der Waals surface area contributed by atoms with Crippen molar-refractivity contribution in [3.63, 3.8) is 0 Å². The van der Waals surface area contributed by atoms with Gasteiger partial charge in [-0.05, 0) is 36.1 Å². The number of thioether (sulfide) groups is 1. The van der Waals surface area contributed by atoms with Crippen LogP contribution in [0.4, 0.5) is 13.2 Å². The Kier molecular flexibility index (Phi) is 6.03. The molecular weight excluding hydrogens is 547 g/mol. The first-order valence-corrected chi connectivity index (χ1v) is 12.8. The van der Waals surface area contributed by atoms with Gasteiger partial charge in [0.2, 0.25) is 5.43 Å². The molecule has 3 atom stereocenters. The van der Waals surface area contributed by atoms with Gasteiger partial charge in [-0.1, -0.05) is 46.3 Å². The molecule has 1 unspecified atom stereocenters. The third-order valence-corrected chi connectivity index (χ3v) is 8.68. The third-order valence-electron chi connectivity index (χ3n) is 6.61. The predicted molar refractivity (Wildman–Crippen MR) is 131 cm³/mol. The summed E-state index contributed by atoms with van der Waals surface area (Å²) >= 11 is 5.39. The van der Waals surface area contributed by atoms with Crippen LogP contribution in [0.15, 0.2) is 69.5 Å². The number of carbonyl (C=O) groups excluding carboxylic acids is 1. The van der Waals surface area contributed by atoms with Gasteiger partial charge in [0.25, 0.3) is 5.91 Å². The maximum atomic E-state index is 13.8. The van der Waals surface area contributed by atoms with E-state index in [0.717, 1.165) is 41.0 Å². The summed E-state index contributed by atoms with van der Waals surface area (Å²) in [4.78, 5) is 27.1. The second-order valence-electron chi connectivity index (χ2n) is 8.61. The molecule has 1 aliphatic carbocycles. The van der Waals surface area contributed by atoms with E-state index in [1.165, 1.54) is 10.9 Å². The summed E-state index contributed by atoms with van der Waals surface area (Å²) in [5.74, 6) is -1.23. The molecule has 0 bridgehead atoms. The molecule has 1 amide bonds. The molecule has 0 radical (unpaired) electrons. The van der Waals surface area contributed by atoms with Crippen molar-refractivity contribution < 1.29 is 23.1 Å². The molecule has 11 heteroatoms. The van der Waals surface area contributed by atoms with E-state index in [-0.39, 0.29) is 4.83 Å². The van der Waals surface area contributed by atoms with Gasteiger partial charge in [-0.15, -0.1) is 11.8 Å². The first kappa shape index (κ1) is 24.1. The topological polar surface area (TPSA) is 65.8 Å². The van der Waals surface area contributed by atoms with Crippen molar-refractivity contribution in [3.05, 3.63) is 81.3 Å². The highest BCUT2D eigenvalue weighted by molar-refractivity contribution is 9.09. The Labute approximate surface area is 211 Å². The Morgan fingerprint density at radius 1 is 1.20 bits per heavy atom. The number of alkyl halides is 4. The second kappa shape index (κ2) is 8.77. The molecule has 0 fully saturated rings. The van der Waals surface area contributed by atoms with Crippen LogP contribution in [-0.2, 0) is 0 Å². The Balaban J connectivity index is 1.77. The van der Waals surface area contributed by atoms with Crippen molar-refractivity contribution in [2.75, 3.05) is 17.4 Å². The number of aromatic hydroxyl groups is 1. The molecule has 0 saturated carbocycles. The number of nitrogens with zero attached hydrogens (tertiary/aromatic N) is 3. The average molecular weight is 568 g/mol. The van der Waals surface area contributed by atoms with Gasteiger partial charge in [-0.25, -0.2) is 0 Å². The number of allylic oxidation sites excluding steroid dienone is 1. The van der Waals surface area contributed by atoms with Gasteiger partial charge in [-0.2, -0.15) is 13.2 Å². The Hall–Kier alpha value is -2.66. The van der Waals surface area contributed by atoms with Gasteiger partial charge >= 0.3 is 6.18 Å². The maximum Gasteiger partial charge on any atom is 0.408 e. The van der Waals surface area contributed by atoms with Crippen molar-refractivity contribution in [1.82, 2.24) is 9.58 Å². The van der Waals surface area contributed by atoms with Crippen molar-refractivity contribution in [1.29, 1.82) is 0 Å². The van der Waals surface area contributed by atoms with E-state index in [2.05, 4.69) is 15.9 Å². The van der Waals surface area contributed by atoms with Crippen LogP contribution in [0.5, 0.6) is 5.75 Å². The fourth-order valence-electron chi connectivity index (χ4n) is 4.70. The number of rotatable bonds is 2. The van der Waals surface area contributed by atoms with Crippen molar-refractivity contribution >= 4 is 33.6 Å². The van der Waals surface area contributed by atoms with E-state index in [4.69, 9.17) is 0 Å². The van der Waals surface area contributed by atoms with Crippen LogP contribution in [0.1, 0.15) is 35.4 Å². The number of hydrogen-bond acceptors (Lipinski definition) is 5. The van der Waals surface area contributed by atoms with Gasteiger partial charge in [0.15, 0.2) is 11.4 Å². The van der Waals surface area contributed by atoms with E-state index < -0.39 is 47.7 Å². The lowest BCUT2D eigenvalue weighted by Gasteiger charge is -2.46. The fourth-order valence-corrected chi connectivity index (χ4v) is 6.76. The number of halogens is 4. The summed E-state index contributed by atoms with van der Waals surface area (Å²) < 4.78 is 42.7. The zero-order valence-electron chi connectivity index (χ0n) is 18.5. The standard InChI is InChI=1S/C24H21BrF3N3O3S/c1-13(24(26,27)28)29-12-31(30-10-9-18(32)22(33)21(30)23(29)34)20-14-6-4-7-17(25)16(14)11-35-19-8-3-2-5-15(19)20/h2-6,8-10,13,17,20,33H,7,11-12H2,1H3/t13-,17?,20+/m1/s1. The zero-order chi connectivity index (χ0) is 25.1. The Morgan fingerprint density at radius 3 is 2.69 bits per heavy atom. The van der Waals surface area contributed by atoms with E-state index >= 15 is 0 Å². The van der Waals surface area contributed by atoms with Gasteiger partial charge < -0.3 is 10.0 Å². The van der Waals surface area contributed by atoms with Gasteiger partial charge in [0.1, 0.15) is 12.7 Å². The van der Waals surface area contributed by atoms with Crippen molar-refractivity contribution in [3.8, 4) is 5.75 Å². The molecule has 184 valence electrons. The van der Waals surface area contributed by atoms with Crippen LogP contribution in [0.3, 0.4) is 0 Å². The number of hydrogen-bond donors (Lipinski definition) is 1. The molecule has 3 aliphatic rings. The molecule has 0 saturated heterocycles. The molecule has 0 spiro atoms. The molecule has 5 rings (SSSR count). The highest BCUT2D eigenvalue weighted by Gasteiger charge is 2.48. The summed E-state index contributed by atoms with van der Waals surface area (Å²) in [5, 5.41) is 12.1. The van der Waals surface area contributed by atoms with Crippen LogP contribution in [0.2, 0.25) is 0 Å². The summed E-state index contributed by atoms with van der Waals surface area (Å²) in [7, 11) is 0. The van der Waals surface area contributed by atoms with Crippen molar-refractivity contribution in [2.24, 2.45) is 0 Å². The summed E-state index contributed by atoms with van der Waals surface area (Å²) in [5.41, 5.74) is 1.57. The van der Waals surface area contributed by atoms with Crippen LogP contribution in [0.25, 0.3) is 0 Å². The van der Waals surface area contributed by atoms with E-state index in [0.29, 0.717) is 10.7 Å². The lowest BCUT2D eigenvalue weighted by Crippen LogP contribution is -2.60. The highest BCUT2D eigenvalue weighted by atomic mass is 79.9. The molecule has 1 N–H and O–H groups in total. The van der Waals surface area contributed by atoms with E-state index in [9.17, 15) is 27.9 Å². The van der Waals surface area contributed by atoms with Gasteiger partial charge in [-0.3, -0.25) is 19.3 Å². The summed E-state index contributed by atoms with van der Waals surface area (Å²) in [6, 6.07) is 6.07. The zero-order valence-corrected chi connectivity index (χ0v) is 20.9. The summed E-state index contributed by atoms with van der Waals surface area (Å²) in [6.07, 6.45) is 1.42. The lowest BCUT2D eigenvalue weighted by atomic mass is 9.89.